The molecule has 0 bridgehead atoms. The molecule has 0 saturated carbocycles. The minimum absolute atomic E-state index is 0.0566. The summed E-state index contributed by atoms with van der Waals surface area (Å²) in [6, 6.07) is 10.9. The highest BCUT2D eigenvalue weighted by atomic mass is 16.1. The van der Waals surface area contributed by atoms with E-state index in [0.717, 1.165) is 44.8 Å². The molecular weight excluding hydrogens is 348 g/mol. The quantitative estimate of drug-likeness (QED) is 0.838. The molecule has 150 valence electrons. The summed E-state index contributed by atoms with van der Waals surface area (Å²) in [5.41, 5.74) is 6.05. The van der Waals surface area contributed by atoms with Gasteiger partial charge in [-0.1, -0.05) is 29.8 Å². The summed E-state index contributed by atoms with van der Waals surface area (Å²) >= 11 is 0. The van der Waals surface area contributed by atoms with E-state index in [0.29, 0.717) is 0 Å². The molecule has 0 spiro atoms. The zero-order valence-corrected chi connectivity index (χ0v) is 17.2. The van der Waals surface area contributed by atoms with Gasteiger partial charge in [0.2, 0.25) is 0 Å². The Labute approximate surface area is 168 Å². The summed E-state index contributed by atoms with van der Waals surface area (Å²) in [6.07, 6.45) is 3.58. The van der Waals surface area contributed by atoms with Crippen LogP contribution in [-0.4, -0.2) is 53.0 Å². The van der Waals surface area contributed by atoms with E-state index in [1.54, 1.807) is 0 Å². The number of amides is 1. The number of hydrogen-bond donors (Lipinski definition) is 1. The Morgan fingerprint density at radius 2 is 1.82 bits per heavy atom. The molecule has 1 N–H and O–H groups in total. The van der Waals surface area contributed by atoms with Gasteiger partial charge in [-0.05, 0) is 50.0 Å². The smallest absolute Gasteiger partial charge is 0.267 e. The van der Waals surface area contributed by atoms with Crippen molar-refractivity contribution in [3.8, 4) is 0 Å². The summed E-state index contributed by atoms with van der Waals surface area (Å²) < 4.78 is 2.10. The molecule has 0 unspecified atom stereocenters. The van der Waals surface area contributed by atoms with Gasteiger partial charge in [0.1, 0.15) is 5.69 Å². The first kappa shape index (κ1) is 19.2. The molecule has 5 nitrogen and oxygen atoms in total. The number of benzene rings is 1. The Bertz CT molecular complexity index is 818. The van der Waals surface area contributed by atoms with E-state index in [4.69, 9.17) is 0 Å². The van der Waals surface area contributed by atoms with Gasteiger partial charge in [0.25, 0.3) is 5.91 Å². The molecule has 1 aromatic carbocycles. The number of carbonyl (C=O) groups excluding carboxylic acids is 1. The molecule has 4 rings (SSSR count). The lowest BCUT2D eigenvalue weighted by Gasteiger charge is -2.27. The molecule has 0 aliphatic carbocycles. The molecule has 28 heavy (non-hydrogen) atoms. The molecule has 1 saturated heterocycles. The van der Waals surface area contributed by atoms with Crippen molar-refractivity contribution in [3.63, 3.8) is 0 Å². The number of hydrogen-bond acceptors (Lipinski definition) is 3. The molecule has 1 fully saturated rings. The van der Waals surface area contributed by atoms with Gasteiger partial charge in [0, 0.05) is 51.9 Å². The molecule has 2 aliphatic heterocycles. The first-order valence-corrected chi connectivity index (χ1v) is 10.6. The molecule has 2 aromatic rings. The molecule has 0 atom stereocenters. The summed E-state index contributed by atoms with van der Waals surface area (Å²) in [5.74, 6) is 0.0566. The van der Waals surface area contributed by atoms with Crippen molar-refractivity contribution in [2.75, 3.05) is 32.7 Å². The highest BCUT2D eigenvalue weighted by Crippen LogP contribution is 2.24. The fraction of sp³-hybridized carbons (Fsp3) is 0.522. The molecule has 0 radical (unpaired) electrons. The highest BCUT2D eigenvalue weighted by Gasteiger charge is 2.23. The van der Waals surface area contributed by atoms with Crippen molar-refractivity contribution in [2.24, 2.45) is 7.05 Å². The molecule has 2 aliphatic rings. The lowest BCUT2D eigenvalue weighted by atomic mass is 10.1. The van der Waals surface area contributed by atoms with Crippen LogP contribution in [0.4, 0.5) is 0 Å². The number of aryl methyl sites for hydroxylation is 1. The van der Waals surface area contributed by atoms with Crippen molar-refractivity contribution in [1.82, 2.24) is 19.7 Å². The number of fused-ring (bicyclic) bond motifs is 1. The summed E-state index contributed by atoms with van der Waals surface area (Å²) in [4.78, 5) is 17.6. The van der Waals surface area contributed by atoms with Gasteiger partial charge in [0.05, 0.1) is 0 Å². The maximum absolute atomic E-state index is 12.7. The fourth-order valence-corrected chi connectivity index (χ4v) is 4.48. The SMILES string of the molecule is Cc1ccc(CN2CCc3c(cc(C(=O)NCCN4CCCC4)n3C)C2)cc1. The Hall–Kier alpha value is -2.11. The largest absolute Gasteiger partial charge is 0.349 e. The second-order valence-corrected chi connectivity index (χ2v) is 8.31. The molecule has 3 heterocycles. The van der Waals surface area contributed by atoms with Crippen LogP contribution in [-0.2, 0) is 26.6 Å². The lowest BCUT2D eigenvalue weighted by Crippen LogP contribution is -2.34. The topological polar surface area (TPSA) is 40.5 Å². The maximum Gasteiger partial charge on any atom is 0.267 e. The van der Waals surface area contributed by atoms with E-state index in [1.165, 1.54) is 48.3 Å². The third-order valence-electron chi connectivity index (χ3n) is 6.18. The van der Waals surface area contributed by atoms with Crippen molar-refractivity contribution in [1.29, 1.82) is 0 Å². The predicted octanol–water partition coefficient (Wildman–Crippen LogP) is 2.72. The molecular formula is C23H32N4O. The number of aromatic nitrogens is 1. The van der Waals surface area contributed by atoms with Crippen molar-refractivity contribution >= 4 is 5.91 Å². The van der Waals surface area contributed by atoms with Gasteiger partial charge in [-0.15, -0.1) is 0 Å². The maximum atomic E-state index is 12.7. The number of nitrogens with zero attached hydrogens (tertiary/aromatic N) is 3. The van der Waals surface area contributed by atoms with E-state index in [2.05, 4.69) is 56.9 Å². The monoisotopic (exact) mass is 380 g/mol. The average molecular weight is 381 g/mol. The minimum atomic E-state index is 0.0566. The van der Waals surface area contributed by atoms with Gasteiger partial charge in [-0.3, -0.25) is 9.69 Å². The Kier molecular flexibility index (Phi) is 5.83. The Balaban J connectivity index is 1.36. The number of rotatable bonds is 6. The van der Waals surface area contributed by atoms with Gasteiger partial charge < -0.3 is 14.8 Å². The predicted molar refractivity (Wildman–Crippen MR) is 112 cm³/mol. The van der Waals surface area contributed by atoms with Crippen molar-refractivity contribution in [2.45, 2.75) is 39.3 Å². The standard InChI is InChI=1S/C23H32N4O/c1-18-5-7-19(8-6-18)16-27-13-9-21-20(17-27)15-22(25(21)2)23(28)24-10-14-26-11-3-4-12-26/h5-8,15H,3-4,9-14,16-17H2,1-2H3,(H,24,28). The normalized spacial score (nSPS) is 17.6. The third-order valence-corrected chi connectivity index (χ3v) is 6.18. The molecule has 1 aromatic heterocycles. The summed E-state index contributed by atoms with van der Waals surface area (Å²) in [6.45, 7) is 9.07. The number of carbonyl (C=O) groups is 1. The highest BCUT2D eigenvalue weighted by molar-refractivity contribution is 5.93. The van der Waals surface area contributed by atoms with Crippen LogP contribution in [0.1, 0.15) is 45.7 Å². The van der Waals surface area contributed by atoms with Crippen LogP contribution in [0.25, 0.3) is 0 Å². The van der Waals surface area contributed by atoms with Crippen molar-refractivity contribution in [3.05, 3.63) is 58.4 Å². The molecule has 1 amide bonds. The van der Waals surface area contributed by atoms with Gasteiger partial charge in [-0.2, -0.15) is 0 Å². The van der Waals surface area contributed by atoms with E-state index < -0.39 is 0 Å². The van der Waals surface area contributed by atoms with Crippen LogP contribution in [0.3, 0.4) is 0 Å². The van der Waals surface area contributed by atoms with Gasteiger partial charge in [0.15, 0.2) is 0 Å². The van der Waals surface area contributed by atoms with Crippen LogP contribution in [0.15, 0.2) is 30.3 Å². The van der Waals surface area contributed by atoms with Crippen LogP contribution in [0, 0.1) is 6.92 Å². The fourth-order valence-electron chi connectivity index (χ4n) is 4.48. The van der Waals surface area contributed by atoms with E-state index in [-0.39, 0.29) is 5.91 Å². The lowest BCUT2D eigenvalue weighted by molar-refractivity contribution is 0.0941. The first-order chi connectivity index (χ1) is 13.6. The second-order valence-electron chi connectivity index (χ2n) is 8.31. The van der Waals surface area contributed by atoms with Crippen LogP contribution in [0.2, 0.25) is 0 Å². The summed E-state index contributed by atoms with van der Waals surface area (Å²) in [5, 5.41) is 3.12. The number of likely N-dealkylation sites (tertiary alicyclic amines) is 1. The van der Waals surface area contributed by atoms with Gasteiger partial charge >= 0.3 is 0 Å². The van der Waals surface area contributed by atoms with E-state index in [1.807, 2.05) is 7.05 Å². The van der Waals surface area contributed by atoms with E-state index in [9.17, 15) is 4.79 Å². The van der Waals surface area contributed by atoms with Crippen molar-refractivity contribution < 1.29 is 4.79 Å². The Morgan fingerprint density at radius 3 is 2.57 bits per heavy atom. The minimum Gasteiger partial charge on any atom is -0.349 e. The second kappa shape index (κ2) is 8.50. The Morgan fingerprint density at radius 1 is 1.07 bits per heavy atom. The molecule has 5 heteroatoms. The number of nitrogens with one attached hydrogen (secondary N) is 1. The zero-order chi connectivity index (χ0) is 19.5. The summed E-state index contributed by atoms with van der Waals surface area (Å²) in [7, 11) is 2.03. The zero-order valence-electron chi connectivity index (χ0n) is 17.2. The van der Waals surface area contributed by atoms with Gasteiger partial charge in [-0.25, -0.2) is 0 Å². The average Bonchev–Trinajstić information content (AvgIpc) is 3.32. The van der Waals surface area contributed by atoms with E-state index >= 15 is 0 Å². The van der Waals surface area contributed by atoms with Crippen LogP contribution >= 0.6 is 0 Å². The van der Waals surface area contributed by atoms with Crippen LogP contribution < -0.4 is 5.32 Å². The van der Waals surface area contributed by atoms with Crippen LogP contribution in [0.5, 0.6) is 0 Å². The first-order valence-electron chi connectivity index (χ1n) is 10.6. The third kappa shape index (κ3) is 4.31.